The van der Waals surface area contributed by atoms with Crippen molar-refractivity contribution in [3.05, 3.63) is 83.6 Å². The number of hydrogen-bond acceptors (Lipinski definition) is 6. The molecule has 0 saturated carbocycles. The summed E-state index contributed by atoms with van der Waals surface area (Å²) in [5, 5.41) is 14.5. The Kier molecular flexibility index (Phi) is 9.00. The highest BCUT2D eigenvalue weighted by Gasteiger charge is 2.11. The molecular weight excluding hydrogens is 472 g/mol. The monoisotopic (exact) mass is 500 g/mol. The summed E-state index contributed by atoms with van der Waals surface area (Å²) < 4.78 is 10.5. The number of benzene rings is 3. The third-order valence-corrected chi connectivity index (χ3v) is 6.38. The van der Waals surface area contributed by atoms with Crippen molar-refractivity contribution < 1.29 is 14.3 Å². The molecule has 1 amide bonds. The van der Waals surface area contributed by atoms with E-state index in [4.69, 9.17) is 9.47 Å². The van der Waals surface area contributed by atoms with Crippen LogP contribution in [0.5, 0.6) is 0 Å². The van der Waals surface area contributed by atoms with Crippen molar-refractivity contribution in [3.8, 4) is 11.8 Å². The van der Waals surface area contributed by atoms with Gasteiger partial charge in [0.25, 0.3) is 5.91 Å². The molecule has 4 aromatic rings. The molecule has 0 aliphatic heterocycles. The Labute approximate surface area is 215 Å². The molecule has 0 unspecified atom stereocenters. The summed E-state index contributed by atoms with van der Waals surface area (Å²) in [4.78, 5) is 14.1. The highest BCUT2D eigenvalue weighted by Crippen LogP contribution is 2.32. The Bertz CT molecular complexity index is 1390. The Morgan fingerprint density at radius 3 is 2.78 bits per heavy atom. The van der Waals surface area contributed by atoms with Crippen LogP contribution < -0.4 is 10.6 Å². The number of carbonyl (C=O) groups excluding carboxylic acids is 1. The molecular formula is C28H28N4O3S. The summed E-state index contributed by atoms with van der Waals surface area (Å²) >= 11 is 1.54. The number of rotatable bonds is 10. The van der Waals surface area contributed by atoms with Gasteiger partial charge in [-0.2, -0.15) is 5.10 Å². The minimum absolute atomic E-state index is 0.104. The van der Waals surface area contributed by atoms with E-state index in [0.717, 1.165) is 31.9 Å². The normalized spacial score (nSPS) is 10.6. The molecule has 0 aliphatic rings. The maximum absolute atomic E-state index is 12.2. The lowest BCUT2D eigenvalue weighted by atomic mass is 10.1. The van der Waals surface area contributed by atoms with Crippen LogP contribution in [-0.2, 0) is 9.47 Å². The fourth-order valence-electron chi connectivity index (χ4n) is 3.51. The van der Waals surface area contributed by atoms with Crippen LogP contribution in [0.25, 0.3) is 10.9 Å². The Hall–Kier alpha value is -3.77. The second kappa shape index (κ2) is 12.8. The van der Waals surface area contributed by atoms with E-state index >= 15 is 0 Å². The van der Waals surface area contributed by atoms with Crippen LogP contribution in [-0.4, -0.2) is 56.6 Å². The lowest BCUT2D eigenvalue weighted by Gasteiger charge is -2.08. The molecule has 3 N–H and O–H groups in total. The van der Waals surface area contributed by atoms with Gasteiger partial charge in [-0.15, -0.1) is 0 Å². The van der Waals surface area contributed by atoms with Crippen LogP contribution in [0.2, 0.25) is 0 Å². The van der Waals surface area contributed by atoms with E-state index in [1.54, 1.807) is 14.2 Å². The molecule has 1 aromatic heterocycles. The molecule has 184 valence electrons. The Morgan fingerprint density at radius 2 is 1.92 bits per heavy atom. The van der Waals surface area contributed by atoms with Gasteiger partial charge in [0.2, 0.25) is 0 Å². The Morgan fingerprint density at radius 1 is 1.03 bits per heavy atom. The number of aromatic amines is 1. The summed E-state index contributed by atoms with van der Waals surface area (Å²) in [5.74, 6) is 6.29. The molecule has 0 saturated heterocycles. The van der Waals surface area contributed by atoms with Crippen molar-refractivity contribution in [1.29, 1.82) is 0 Å². The third-order valence-electron chi connectivity index (χ3n) is 5.32. The quantitative estimate of drug-likeness (QED) is 0.219. The zero-order chi connectivity index (χ0) is 25.2. The number of nitrogens with zero attached hydrogens (tertiary/aromatic N) is 1. The van der Waals surface area contributed by atoms with Crippen LogP contribution in [0.1, 0.15) is 21.6 Å². The van der Waals surface area contributed by atoms with Gasteiger partial charge in [-0.1, -0.05) is 35.9 Å². The number of nitrogens with one attached hydrogen (secondary N) is 3. The number of carbonyl (C=O) groups is 1. The molecule has 3 aromatic carbocycles. The summed E-state index contributed by atoms with van der Waals surface area (Å²) in [6.45, 7) is 2.50. The van der Waals surface area contributed by atoms with E-state index in [-0.39, 0.29) is 5.91 Å². The molecule has 0 atom stereocenters. The fraction of sp³-hybridized carbons (Fsp3) is 0.214. The van der Waals surface area contributed by atoms with Gasteiger partial charge in [0.1, 0.15) is 5.69 Å². The second-order valence-electron chi connectivity index (χ2n) is 7.82. The van der Waals surface area contributed by atoms with Crippen LogP contribution >= 0.6 is 11.8 Å². The lowest BCUT2D eigenvalue weighted by molar-refractivity contribution is 0.0759. The summed E-state index contributed by atoms with van der Waals surface area (Å²) in [5.41, 5.74) is 4.12. The van der Waals surface area contributed by atoms with E-state index in [9.17, 15) is 4.79 Å². The maximum Gasteiger partial charge on any atom is 0.252 e. The summed E-state index contributed by atoms with van der Waals surface area (Å²) in [6, 6.07) is 21.6. The molecule has 8 heteroatoms. The Balaban J connectivity index is 1.44. The first-order chi connectivity index (χ1) is 17.7. The molecule has 1 heterocycles. The SMILES string of the molecule is CNC(=O)c1ccccc1Sc1ccc2c(C#Cc3cccc(NCCOCCOC)c3)n[nH]c2c1. The first-order valence-corrected chi connectivity index (χ1v) is 12.4. The van der Waals surface area contributed by atoms with E-state index < -0.39 is 0 Å². The molecule has 4 rings (SSSR count). The largest absolute Gasteiger partial charge is 0.383 e. The number of aromatic nitrogens is 2. The van der Waals surface area contributed by atoms with Crippen LogP contribution in [0.15, 0.2) is 76.5 Å². The van der Waals surface area contributed by atoms with Gasteiger partial charge in [0.15, 0.2) is 0 Å². The standard InChI is InChI=1S/C28H28N4O3S/c1-29-28(33)24-8-3-4-9-27(24)36-22-11-12-23-25(31-32-26(23)19-22)13-10-20-6-5-7-21(18-20)30-14-15-35-17-16-34-2/h3-9,11-12,18-19,30H,14-17H2,1-2H3,(H,29,33)(H,31,32). The van der Waals surface area contributed by atoms with Crippen molar-refractivity contribution in [2.24, 2.45) is 0 Å². The van der Waals surface area contributed by atoms with Crippen molar-refractivity contribution >= 4 is 34.3 Å². The number of ether oxygens (including phenoxy) is 2. The number of fused-ring (bicyclic) bond motifs is 1. The smallest absolute Gasteiger partial charge is 0.252 e. The van der Waals surface area contributed by atoms with Crippen LogP contribution in [0.4, 0.5) is 5.69 Å². The maximum atomic E-state index is 12.2. The van der Waals surface area contributed by atoms with Gasteiger partial charge >= 0.3 is 0 Å². The van der Waals surface area contributed by atoms with Crippen LogP contribution in [0.3, 0.4) is 0 Å². The highest BCUT2D eigenvalue weighted by molar-refractivity contribution is 7.99. The van der Waals surface area contributed by atoms with Crippen molar-refractivity contribution in [2.75, 3.05) is 45.8 Å². The molecule has 7 nitrogen and oxygen atoms in total. The predicted molar refractivity (Wildman–Crippen MR) is 144 cm³/mol. The highest BCUT2D eigenvalue weighted by atomic mass is 32.2. The van der Waals surface area contributed by atoms with Crippen molar-refractivity contribution in [2.45, 2.75) is 9.79 Å². The van der Waals surface area contributed by atoms with Crippen molar-refractivity contribution in [1.82, 2.24) is 15.5 Å². The van der Waals surface area contributed by atoms with Gasteiger partial charge < -0.3 is 20.1 Å². The number of amides is 1. The molecule has 36 heavy (non-hydrogen) atoms. The molecule has 0 bridgehead atoms. The number of anilines is 1. The minimum Gasteiger partial charge on any atom is -0.383 e. The summed E-state index contributed by atoms with van der Waals surface area (Å²) in [7, 11) is 3.30. The van der Waals surface area contributed by atoms with Gasteiger partial charge in [-0.05, 0) is 54.5 Å². The van der Waals surface area contributed by atoms with Gasteiger partial charge in [-0.25, -0.2) is 0 Å². The molecule has 0 radical (unpaired) electrons. The zero-order valence-corrected chi connectivity index (χ0v) is 21.1. The van der Waals surface area contributed by atoms with Crippen molar-refractivity contribution in [3.63, 3.8) is 0 Å². The van der Waals surface area contributed by atoms with E-state index in [0.29, 0.717) is 37.6 Å². The average molecular weight is 501 g/mol. The summed E-state index contributed by atoms with van der Waals surface area (Å²) in [6.07, 6.45) is 0. The number of H-pyrrole nitrogens is 1. The number of hydrogen-bond donors (Lipinski definition) is 3. The topological polar surface area (TPSA) is 88.3 Å². The van der Waals surface area contributed by atoms with E-state index in [1.807, 2.05) is 66.7 Å². The number of methoxy groups -OCH3 is 1. The van der Waals surface area contributed by atoms with E-state index in [1.165, 1.54) is 11.8 Å². The molecule has 0 aliphatic carbocycles. The van der Waals surface area contributed by atoms with Gasteiger partial charge in [0, 0.05) is 47.1 Å². The second-order valence-corrected chi connectivity index (χ2v) is 8.94. The van der Waals surface area contributed by atoms with Gasteiger partial charge in [-0.3, -0.25) is 9.89 Å². The first-order valence-electron chi connectivity index (χ1n) is 11.6. The third kappa shape index (κ3) is 6.67. The lowest BCUT2D eigenvalue weighted by Crippen LogP contribution is -2.18. The zero-order valence-electron chi connectivity index (χ0n) is 20.3. The minimum atomic E-state index is -0.104. The first kappa shape index (κ1) is 25.3. The van der Waals surface area contributed by atoms with E-state index in [2.05, 4.69) is 32.7 Å². The fourth-order valence-corrected chi connectivity index (χ4v) is 4.50. The molecule has 0 spiro atoms. The van der Waals surface area contributed by atoms with Crippen LogP contribution in [0, 0.1) is 11.8 Å². The average Bonchev–Trinajstić information content (AvgIpc) is 3.32. The van der Waals surface area contributed by atoms with Gasteiger partial charge in [0.05, 0.1) is 30.9 Å². The molecule has 0 fully saturated rings. The predicted octanol–water partition coefficient (Wildman–Crippen LogP) is 4.55.